The van der Waals surface area contributed by atoms with Gasteiger partial charge in [-0.15, -0.1) is 0 Å². The molecule has 1 aromatic carbocycles. The van der Waals surface area contributed by atoms with Crippen molar-refractivity contribution in [1.82, 2.24) is 0 Å². The van der Waals surface area contributed by atoms with Crippen molar-refractivity contribution >= 4 is 34.8 Å². The van der Waals surface area contributed by atoms with E-state index in [4.69, 9.17) is 39.5 Å². The van der Waals surface area contributed by atoms with Gasteiger partial charge in [0.1, 0.15) is 10.0 Å². The molecule has 1 aromatic rings. The van der Waals surface area contributed by atoms with Gasteiger partial charge in [-0.05, 0) is 0 Å². The molecule has 0 amide bonds. The van der Waals surface area contributed by atoms with Crippen molar-refractivity contribution in [2.24, 2.45) is 0 Å². The minimum Gasteiger partial charge on any atom is -0.452 e. The first kappa shape index (κ1) is 6.59. The molecular weight excluding hydrogens is 194 g/mol. The maximum atomic E-state index is 5.69. The molecule has 1 nitrogen and oxygen atoms in total. The molecule has 0 saturated heterocycles. The van der Waals surface area contributed by atoms with Crippen molar-refractivity contribution in [1.29, 1.82) is 0 Å². The van der Waals surface area contributed by atoms with E-state index in [1.54, 1.807) is 6.07 Å². The molecule has 2 heterocycles. The summed E-state index contributed by atoms with van der Waals surface area (Å²) in [5.41, 5.74) is 0. The van der Waals surface area contributed by atoms with Crippen molar-refractivity contribution in [3.05, 3.63) is 21.1 Å². The van der Waals surface area contributed by atoms with Crippen molar-refractivity contribution in [2.45, 2.75) is 0 Å². The van der Waals surface area contributed by atoms with Crippen LogP contribution in [0.1, 0.15) is 0 Å². The zero-order valence-corrected chi connectivity index (χ0v) is 6.89. The third kappa shape index (κ3) is 0.656. The second-order valence-electron chi connectivity index (χ2n) is 1.92. The summed E-state index contributed by atoms with van der Waals surface area (Å²) in [5, 5.41) is 1.44. The Morgan fingerprint density at radius 3 is 2.20 bits per heavy atom. The highest BCUT2D eigenvalue weighted by atomic mass is 35.5. The van der Waals surface area contributed by atoms with Crippen LogP contribution in [-0.2, 0) is 0 Å². The van der Waals surface area contributed by atoms with E-state index >= 15 is 0 Å². The molecule has 4 heteroatoms. The minimum atomic E-state index is 0.390. The molecule has 10 heavy (non-hydrogen) atoms. The summed E-state index contributed by atoms with van der Waals surface area (Å²) in [6, 6.07) is 1.60. The number of benzene rings is 1. The fourth-order valence-electron chi connectivity index (χ4n) is 0.786. The Balaban J connectivity index is 2.74. The summed E-state index contributed by atoms with van der Waals surface area (Å²) >= 11 is 17.0. The Morgan fingerprint density at radius 2 is 1.80 bits per heavy atom. The Bertz CT molecular complexity index is 299. The largest absolute Gasteiger partial charge is 0.452 e. The van der Waals surface area contributed by atoms with Gasteiger partial charge in [0.15, 0.2) is 11.5 Å². The summed E-state index contributed by atoms with van der Waals surface area (Å²) in [6.45, 7) is 0. The predicted octanol–water partition coefficient (Wildman–Crippen LogP) is 3.75. The summed E-state index contributed by atoms with van der Waals surface area (Å²) in [5.74, 6) is 1.09. The lowest BCUT2D eigenvalue weighted by Crippen LogP contribution is -1.98. The van der Waals surface area contributed by atoms with Crippen LogP contribution in [0.25, 0.3) is 0 Å². The van der Waals surface area contributed by atoms with Crippen LogP contribution in [0.15, 0.2) is 6.07 Å². The topological polar surface area (TPSA) is 9.23 Å². The zero-order chi connectivity index (χ0) is 7.30. The van der Waals surface area contributed by atoms with Gasteiger partial charge in [-0.25, -0.2) is 0 Å². The summed E-state index contributed by atoms with van der Waals surface area (Å²) in [4.78, 5) is 0. The number of hydrogen-bond donors (Lipinski definition) is 0. The number of ether oxygens (including phenoxy) is 1. The number of halogens is 3. The van der Waals surface area contributed by atoms with Crippen LogP contribution >= 0.6 is 34.8 Å². The molecule has 0 radical (unpaired) electrons. The first-order valence-corrected chi connectivity index (χ1v) is 3.69. The van der Waals surface area contributed by atoms with Crippen LogP contribution in [0.5, 0.6) is 11.5 Å². The molecule has 0 saturated carbocycles. The fraction of sp³-hybridized carbons (Fsp3) is 0. The quantitative estimate of drug-likeness (QED) is 0.582. The fourth-order valence-corrected chi connectivity index (χ4v) is 1.43. The average Bonchev–Trinajstić information content (AvgIpc) is 1.92. The molecule has 0 N–H and O–H groups in total. The zero-order valence-electron chi connectivity index (χ0n) is 4.62. The second-order valence-corrected chi connectivity index (χ2v) is 3.08. The normalized spacial score (nSPS) is 12.3. The molecule has 52 valence electrons. The number of hydrogen-bond acceptors (Lipinski definition) is 1. The second kappa shape index (κ2) is 1.94. The van der Waals surface area contributed by atoms with Gasteiger partial charge in [0.2, 0.25) is 0 Å². The first-order valence-electron chi connectivity index (χ1n) is 2.55. The highest BCUT2D eigenvalue weighted by molar-refractivity contribution is 6.46. The molecular formula is C6HCl3O. The van der Waals surface area contributed by atoms with Crippen molar-refractivity contribution in [3.63, 3.8) is 0 Å². The summed E-state index contributed by atoms with van der Waals surface area (Å²) in [6.07, 6.45) is 0. The molecule has 0 aromatic heterocycles. The maximum Gasteiger partial charge on any atom is 0.170 e. The van der Waals surface area contributed by atoms with E-state index in [1.165, 1.54) is 0 Å². The monoisotopic (exact) mass is 194 g/mol. The van der Waals surface area contributed by atoms with Gasteiger partial charge in [0, 0.05) is 6.07 Å². The van der Waals surface area contributed by atoms with Gasteiger partial charge in [-0.3, -0.25) is 0 Å². The lowest BCUT2D eigenvalue weighted by atomic mass is 10.2. The van der Waals surface area contributed by atoms with Crippen LogP contribution in [0.4, 0.5) is 0 Å². The third-order valence-corrected chi connectivity index (χ3v) is 2.42. The van der Waals surface area contributed by atoms with Crippen LogP contribution in [0, 0.1) is 0 Å². The SMILES string of the molecule is Clc1cc2c(Cl)c(c1Cl)O2. The lowest BCUT2D eigenvalue weighted by Gasteiger charge is -2.21. The van der Waals surface area contributed by atoms with Crippen molar-refractivity contribution in [2.75, 3.05) is 0 Å². The van der Waals surface area contributed by atoms with Crippen molar-refractivity contribution < 1.29 is 4.74 Å². The predicted molar refractivity (Wildman–Crippen MR) is 41.5 cm³/mol. The van der Waals surface area contributed by atoms with E-state index < -0.39 is 0 Å². The van der Waals surface area contributed by atoms with E-state index in [0.717, 1.165) is 0 Å². The van der Waals surface area contributed by atoms with Crippen LogP contribution in [-0.4, -0.2) is 0 Å². The summed E-state index contributed by atoms with van der Waals surface area (Å²) in [7, 11) is 0. The smallest absolute Gasteiger partial charge is 0.170 e. The van der Waals surface area contributed by atoms with Crippen molar-refractivity contribution in [3.8, 4) is 11.5 Å². The Hall–Kier alpha value is -0.110. The van der Waals surface area contributed by atoms with E-state index in [1.807, 2.05) is 0 Å². The first-order chi connectivity index (χ1) is 4.70. The van der Waals surface area contributed by atoms with Gasteiger partial charge in [-0.1, -0.05) is 34.8 Å². The number of fused-ring (bicyclic) bond motifs is 2. The van der Waals surface area contributed by atoms with Gasteiger partial charge in [0.05, 0.1) is 5.02 Å². The van der Waals surface area contributed by atoms with Gasteiger partial charge in [-0.2, -0.15) is 0 Å². The molecule has 0 spiro atoms. The lowest BCUT2D eigenvalue weighted by molar-refractivity contribution is 0.440. The molecule has 0 atom stereocenters. The molecule has 2 aliphatic rings. The van der Waals surface area contributed by atoms with Crippen LogP contribution in [0.2, 0.25) is 15.1 Å². The summed E-state index contributed by atoms with van der Waals surface area (Å²) < 4.78 is 5.00. The van der Waals surface area contributed by atoms with Gasteiger partial charge >= 0.3 is 0 Å². The van der Waals surface area contributed by atoms with E-state index in [-0.39, 0.29) is 0 Å². The molecule has 2 bridgehead atoms. The van der Waals surface area contributed by atoms with E-state index in [0.29, 0.717) is 26.6 Å². The van der Waals surface area contributed by atoms with E-state index in [2.05, 4.69) is 0 Å². The van der Waals surface area contributed by atoms with Gasteiger partial charge < -0.3 is 4.74 Å². The Kier molecular flexibility index (Phi) is 1.28. The molecule has 0 unspecified atom stereocenters. The minimum absolute atomic E-state index is 0.390. The average molecular weight is 195 g/mol. The molecule has 2 aliphatic heterocycles. The number of rotatable bonds is 0. The highest BCUT2D eigenvalue weighted by Crippen LogP contribution is 2.53. The molecule has 0 fully saturated rings. The third-order valence-electron chi connectivity index (χ3n) is 1.29. The van der Waals surface area contributed by atoms with Crippen LogP contribution in [0.3, 0.4) is 0 Å². The van der Waals surface area contributed by atoms with E-state index in [9.17, 15) is 0 Å². The standard InChI is InChI=1S/C6HCl3O/c7-2-1-3-5(9)6(10-3)4(2)8/h1H. The van der Waals surface area contributed by atoms with Crippen LogP contribution < -0.4 is 4.74 Å². The Morgan fingerprint density at radius 1 is 1.10 bits per heavy atom. The van der Waals surface area contributed by atoms with Gasteiger partial charge in [0.25, 0.3) is 0 Å². The molecule has 0 aliphatic carbocycles. The Labute approximate surface area is 72.4 Å². The molecule has 3 rings (SSSR count). The highest BCUT2D eigenvalue weighted by Gasteiger charge is 2.26. The maximum absolute atomic E-state index is 5.69.